The van der Waals surface area contributed by atoms with E-state index in [1.54, 1.807) is 0 Å². The third-order valence-corrected chi connectivity index (χ3v) is 3.78. The minimum atomic E-state index is -0.125. The quantitative estimate of drug-likeness (QED) is 0.927. The Balaban J connectivity index is 2.35. The zero-order chi connectivity index (χ0) is 17.2. The Morgan fingerprint density at radius 2 is 1.83 bits per heavy atom. The second-order valence-corrected chi connectivity index (χ2v) is 7.19. The number of nitrogens with one attached hydrogen (secondary N) is 1. The molecular weight excluding hydrogens is 286 g/mol. The van der Waals surface area contributed by atoms with Gasteiger partial charge in [-0.15, -0.1) is 0 Å². The van der Waals surface area contributed by atoms with Crippen LogP contribution < -0.4 is 5.32 Å². The van der Waals surface area contributed by atoms with Gasteiger partial charge < -0.3 is 5.32 Å². The number of hydrogen-bond donors (Lipinski definition) is 1. The predicted molar refractivity (Wildman–Crippen MR) is 94.6 cm³/mol. The first-order chi connectivity index (χ1) is 10.7. The van der Waals surface area contributed by atoms with Gasteiger partial charge in [0.2, 0.25) is 0 Å². The second-order valence-electron chi connectivity index (χ2n) is 7.19. The maximum Gasteiger partial charge on any atom is 0.271 e. The molecule has 2 rings (SSSR count). The highest BCUT2D eigenvalue weighted by Gasteiger charge is 2.17. The Kier molecular flexibility index (Phi) is 4.93. The van der Waals surface area contributed by atoms with Crippen LogP contribution in [-0.2, 0) is 12.0 Å². The highest BCUT2D eigenvalue weighted by Crippen LogP contribution is 2.26. The molecule has 1 aromatic carbocycles. The Morgan fingerprint density at radius 3 is 2.30 bits per heavy atom. The van der Waals surface area contributed by atoms with E-state index in [1.165, 1.54) is 5.56 Å². The summed E-state index contributed by atoms with van der Waals surface area (Å²) >= 11 is 0. The summed E-state index contributed by atoms with van der Waals surface area (Å²) in [6.45, 7) is 13.3. The van der Waals surface area contributed by atoms with Crippen LogP contribution in [0.3, 0.4) is 0 Å². The molecule has 0 saturated heterocycles. The topological polar surface area (TPSA) is 46.9 Å². The molecule has 0 radical (unpaired) electrons. The summed E-state index contributed by atoms with van der Waals surface area (Å²) in [5.41, 5.74) is 3.95. The molecule has 4 heteroatoms. The van der Waals surface area contributed by atoms with Gasteiger partial charge in [-0.3, -0.25) is 9.48 Å². The Morgan fingerprint density at radius 1 is 1.22 bits per heavy atom. The SMILES string of the molecule is CCn1nc(C(=O)NC(C)C)cc1-c1ccc(C(C)(C)C)cc1. The lowest BCUT2D eigenvalue weighted by atomic mass is 9.86. The van der Waals surface area contributed by atoms with E-state index in [9.17, 15) is 4.79 Å². The van der Waals surface area contributed by atoms with Gasteiger partial charge in [-0.05, 0) is 43.4 Å². The number of rotatable bonds is 4. The van der Waals surface area contributed by atoms with Gasteiger partial charge in [-0.25, -0.2) is 0 Å². The molecule has 0 saturated carbocycles. The Labute approximate surface area is 138 Å². The molecule has 2 aromatic rings. The molecular formula is C19H27N3O. The maximum absolute atomic E-state index is 12.2. The summed E-state index contributed by atoms with van der Waals surface area (Å²) in [5.74, 6) is -0.125. The van der Waals surface area contributed by atoms with E-state index in [-0.39, 0.29) is 17.4 Å². The summed E-state index contributed by atoms with van der Waals surface area (Å²) in [5, 5.41) is 7.32. The predicted octanol–water partition coefficient (Wildman–Crippen LogP) is 4.01. The molecule has 1 N–H and O–H groups in total. The number of aromatic nitrogens is 2. The van der Waals surface area contributed by atoms with Crippen LogP contribution in [0.5, 0.6) is 0 Å². The second kappa shape index (κ2) is 6.57. The zero-order valence-corrected chi connectivity index (χ0v) is 15.0. The van der Waals surface area contributed by atoms with Crippen LogP contribution >= 0.6 is 0 Å². The van der Waals surface area contributed by atoms with E-state index in [1.807, 2.05) is 31.5 Å². The fourth-order valence-electron chi connectivity index (χ4n) is 2.48. The van der Waals surface area contributed by atoms with Crippen LogP contribution in [0.2, 0.25) is 0 Å². The molecule has 0 unspecified atom stereocenters. The van der Waals surface area contributed by atoms with Crippen LogP contribution in [-0.4, -0.2) is 21.7 Å². The van der Waals surface area contributed by atoms with Crippen molar-refractivity contribution in [3.05, 3.63) is 41.6 Å². The number of carbonyl (C=O) groups is 1. The number of aryl methyl sites for hydroxylation is 1. The third kappa shape index (κ3) is 4.01. The normalized spacial score (nSPS) is 11.8. The first kappa shape index (κ1) is 17.3. The van der Waals surface area contributed by atoms with Gasteiger partial charge in [0, 0.05) is 12.6 Å². The fourth-order valence-corrected chi connectivity index (χ4v) is 2.48. The van der Waals surface area contributed by atoms with Crippen molar-refractivity contribution >= 4 is 5.91 Å². The average molecular weight is 313 g/mol. The van der Waals surface area contributed by atoms with Crippen molar-refractivity contribution in [2.24, 2.45) is 0 Å². The molecule has 1 amide bonds. The molecule has 1 aromatic heterocycles. The van der Waals surface area contributed by atoms with Gasteiger partial charge in [-0.1, -0.05) is 45.0 Å². The molecule has 124 valence electrons. The van der Waals surface area contributed by atoms with Crippen LogP contribution in [0.15, 0.2) is 30.3 Å². The molecule has 1 heterocycles. The minimum absolute atomic E-state index is 0.101. The van der Waals surface area contributed by atoms with Crippen LogP contribution in [0, 0.1) is 0 Å². The van der Waals surface area contributed by atoms with Gasteiger partial charge in [0.25, 0.3) is 5.91 Å². The van der Waals surface area contributed by atoms with E-state index < -0.39 is 0 Å². The van der Waals surface area contributed by atoms with Crippen LogP contribution in [0.1, 0.15) is 57.6 Å². The number of hydrogen-bond acceptors (Lipinski definition) is 2. The van der Waals surface area contributed by atoms with Gasteiger partial charge in [0.05, 0.1) is 5.69 Å². The summed E-state index contributed by atoms with van der Waals surface area (Å²) in [6, 6.07) is 10.5. The van der Waals surface area contributed by atoms with Gasteiger partial charge >= 0.3 is 0 Å². The molecule has 0 atom stereocenters. The fraction of sp³-hybridized carbons (Fsp3) is 0.474. The lowest BCUT2D eigenvalue weighted by molar-refractivity contribution is 0.0937. The van der Waals surface area contributed by atoms with Crippen molar-refractivity contribution in [1.82, 2.24) is 15.1 Å². The van der Waals surface area contributed by atoms with E-state index in [0.29, 0.717) is 5.69 Å². The number of nitrogens with zero attached hydrogens (tertiary/aromatic N) is 2. The van der Waals surface area contributed by atoms with Crippen molar-refractivity contribution in [3.63, 3.8) is 0 Å². The lowest BCUT2D eigenvalue weighted by Gasteiger charge is -2.19. The number of carbonyl (C=O) groups excluding carboxylic acids is 1. The molecule has 0 fully saturated rings. The van der Waals surface area contributed by atoms with Gasteiger partial charge in [0.1, 0.15) is 0 Å². The van der Waals surface area contributed by atoms with E-state index in [0.717, 1.165) is 17.8 Å². The molecule has 23 heavy (non-hydrogen) atoms. The van der Waals surface area contributed by atoms with Crippen molar-refractivity contribution < 1.29 is 4.79 Å². The van der Waals surface area contributed by atoms with E-state index in [4.69, 9.17) is 0 Å². The summed E-state index contributed by atoms with van der Waals surface area (Å²) in [7, 11) is 0. The number of benzene rings is 1. The average Bonchev–Trinajstić information content (AvgIpc) is 2.90. The largest absolute Gasteiger partial charge is 0.348 e. The standard InChI is InChI=1S/C19H27N3O/c1-7-22-17(12-16(21-22)18(23)20-13(2)3)14-8-10-15(11-9-14)19(4,5)6/h8-13H,7H2,1-6H3,(H,20,23). The Hall–Kier alpha value is -2.10. The first-order valence-corrected chi connectivity index (χ1v) is 8.22. The number of amides is 1. The van der Waals surface area contributed by atoms with Crippen molar-refractivity contribution in [3.8, 4) is 11.3 Å². The minimum Gasteiger partial charge on any atom is -0.348 e. The monoisotopic (exact) mass is 313 g/mol. The van der Waals surface area contributed by atoms with Crippen LogP contribution in [0.4, 0.5) is 0 Å². The van der Waals surface area contributed by atoms with Crippen LogP contribution in [0.25, 0.3) is 11.3 Å². The highest BCUT2D eigenvalue weighted by atomic mass is 16.2. The molecule has 4 nitrogen and oxygen atoms in total. The summed E-state index contributed by atoms with van der Waals surface area (Å²) in [4.78, 5) is 12.2. The first-order valence-electron chi connectivity index (χ1n) is 8.22. The summed E-state index contributed by atoms with van der Waals surface area (Å²) in [6.07, 6.45) is 0. The van der Waals surface area contributed by atoms with Gasteiger partial charge in [-0.2, -0.15) is 5.10 Å². The lowest BCUT2D eigenvalue weighted by Crippen LogP contribution is -2.30. The van der Waals surface area contributed by atoms with Crippen molar-refractivity contribution in [2.75, 3.05) is 0 Å². The summed E-state index contributed by atoms with van der Waals surface area (Å²) < 4.78 is 1.88. The maximum atomic E-state index is 12.2. The Bertz CT molecular complexity index is 676. The smallest absolute Gasteiger partial charge is 0.271 e. The molecule has 0 aliphatic carbocycles. The van der Waals surface area contributed by atoms with Crippen molar-refractivity contribution in [2.45, 2.75) is 59.5 Å². The zero-order valence-electron chi connectivity index (χ0n) is 15.0. The molecule has 0 spiro atoms. The highest BCUT2D eigenvalue weighted by molar-refractivity contribution is 5.93. The van der Waals surface area contributed by atoms with Crippen molar-refractivity contribution in [1.29, 1.82) is 0 Å². The van der Waals surface area contributed by atoms with E-state index >= 15 is 0 Å². The third-order valence-electron chi connectivity index (χ3n) is 3.78. The molecule has 0 aliphatic rings. The molecule has 0 bridgehead atoms. The molecule has 0 aliphatic heterocycles. The van der Waals surface area contributed by atoms with Gasteiger partial charge in [0.15, 0.2) is 5.69 Å². The van der Waals surface area contributed by atoms with E-state index in [2.05, 4.69) is 55.5 Å².